The maximum Gasteiger partial charge on any atom is 0.224 e. The topological polar surface area (TPSA) is 36.0 Å². The van der Waals surface area contributed by atoms with Crippen LogP contribution in [0.5, 0.6) is 0 Å². The van der Waals surface area contributed by atoms with Gasteiger partial charge in [0.2, 0.25) is 5.91 Å². The molecule has 0 N–H and O–H groups in total. The number of ether oxygens (including phenoxy) is 1. The quantitative estimate of drug-likeness (QED) is 0.843. The van der Waals surface area contributed by atoms with Crippen LogP contribution >= 0.6 is 0 Å². The van der Waals surface area contributed by atoms with Crippen LogP contribution in [0.3, 0.4) is 0 Å². The molecule has 0 bridgehead atoms. The zero-order valence-electron chi connectivity index (χ0n) is 14.9. The third-order valence-electron chi connectivity index (χ3n) is 4.91. The van der Waals surface area contributed by atoms with E-state index in [1.54, 1.807) is 0 Å². The van der Waals surface area contributed by atoms with Gasteiger partial charge in [0.05, 0.1) is 12.2 Å². The summed E-state index contributed by atoms with van der Waals surface area (Å²) in [5.41, 5.74) is 1.30. The Morgan fingerprint density at radius 2 is 1.67 bits per heavy atom. The van der Waals surface area contributed by atoms with Crippen molar-refractivity contribution in [1.82, 2.24) is 9.80 Å². The first-order valence-corrected chi connectivity index (χ1v) is 9.07. The number of morpholine rings is 1. The summed E-state index contributed by atoms with van der Waals surface area (Å²) in [4.78, 5) is 19.2. The molecular weight excluding hydrogens is 302 g/mol. The van der Waals surface area contributed by atoms with Gasteiger partial charge in [0.1, 0.15) is 0 Å². The van der Waals surface area contributed by atoms with Gasteiger partial charge in [0.15, 0.2) is 0 Å². The number of hydrogen-bond donors (Lipinski definition) is 0. The highest BCUT2D eigenvalue weighted by molar-refractivity contribution is 5.76. The molecule has 24 heavy (non-hydrogen) atoms. The van der Waals surface area contributed by atoms with Gasteiger partial charge in [-0.1, -0.05) is 18.2 Å². The Balaban J connectivity index is 1.41. The van der Waals surface area contributed by atoms with Gasteiger partial charge in [0.25, 0.3) is 0 Å². The van der Waals surface area contributed by atoms with Crippen LogP contribution in [-0.4, -0.2) is 73.7 Å². The van der Waals surface area contributed by atoms with Crippen molar-refractivity contribution in [3.63, 3.8) is 0 Å². The number of para-hydroxylation sites is 1. The van der Waals surface area contributed by atoms with Crippen molar-refractivity contribution in [3.05, 3.63) is 30.3 Å². The van der Waals surface area contributed by atoms with Gasteiger partial charge in [-0.3, -0.25) is 9.69 Å². The van der Waals surface area contributed by atoms with Crippen molar-refractivity contribution in [2.45, 2.75) is 32.5 Å². The maximum absolute atomic E-state index is 12.5. The minimum absolute atomic E-state index is 0.145. The number of amides is 1. The average Bonchev–Trinajstić information content (AvgIpc) is 2.60. The molecule has 132 valence electrons. The number of rotatable bonds is 4. The summed E-state index contributed by atoms with van der Waals surface area (Å²) in [6.45, 7) is 10.5. The normalized spacial score (nSPS) is 25.8. The molecule has 1 aromatic carbocycles. The summed E-state index contributed by atoms with van der Waals surface area (Å²) < 4.78 is 5.71. The number of carbonyl (C=O) groups excluding carboxylic acids is 1. The molecule has 1 amide bonds. The molecule has 2 fully saturated rings. The predicted octanol–water partition coefficient (Wildman–Crippen LogP) is 1.83. The van der Waals surface area contributed by atoms with E-state index in [1.807, 2.05) is 18.7 Å². The molecule has 0 unspecified atom stereocenters. The molecule has 3 rings (SSSR count). The van der Waals surface area contributed by atoms with Gasteiger partial charge >= 0.3 is 0 Å². The summed E-state index contributed by atoms with van der Waals surface area (Å²) >= 11 is 0. The second-order valence-corrected chi connectivity index (χ2v) is 6.97. The number of carbonyl (C=O) groups is 1. The number of anilines is 1. The molecule has 5 nitrogen and oxygen atoms in total. The Morgan fingerprint density at radius 1 is 1.04 bits per heavy atom. The molecule has 2 aliphatic rings. The van der Waals surface area contributed by atoms with Gasteiger partial charge in [-0.15, -0.1) is 0 Å². The van der Waals surface area contributed by atoms with E-state index in [0.29, 0.717) is 6.42 Å². The number of nitrogens with zero attached hydrogens (tertiary/aromatic N) is 3. The third kappa shape index (κ3) is 4.48. The fourth-order valence-electron chi connectivity index (χ4n) is 3.66. The van der Waals surface area contributed by atoms with Crippen LogP contribution in [-0.2, 0) is 9.53 Å². The van der Waals surface area contributed by atoms with Crippen molar-refractivity contribution < 1.29 is 9.53 Å². The molecule has 0 saturated carbocycles. The van der Waals surface area contributed by atoms with Crippen LogP contribution in [0.1, 0.15) is 20.3 Å². The van der Waals surface area contributed by atoms with Crippen LogP contribution in [0.4, 0.5) is 5.69 Å². The number of piperazine rings is 1. The number of benzene rings is 1. The van der Waals surface area contributed by atoms with Crippen molar-refractivity contribution >= 4 is 11.6 Å². The van der Waals surface area contributed by atoms with Gasteiger partial charge < -0.3 is 14.5 Å². The molecule has 2 saturated heterocycles. The molecular formula is C19H29N3O2. The Morgan fingerprint density at radius 3 is 2.29 bits per heavy atom. The zero-order valence-corrected chi connectivity index (χ0v) is 14.9. The molecule has 1 aromatic rings. The van der Waals surface area contributed by atoms with Crippen LogP contribution in [0, 0.1) is 0 Å². The fraction of sp³-hybridized carbons (Fsp3) is 0.632. The van der Waals surface area contributed by atoms with Gasteiger partial charge in [-0.2, -0.15) is 0 Å². The average molecular weight is 331 g/mol. The first kappa shape index (κ1) is 17.2. The molecule has 2 heterocycles. The number of hydrogen-bond acceptors (Lipinski definition) is 4. The van der Waals surface area contributed by atoms with E-state index in [2.05, 4.69) is 40.1 Å². The molecule has 2 atom stereocenters. The molecule has 2 aliphatic heterocycles. The van der Waals surface area contributed by atoms with Crippen LogP contribution in [0.25, 0.3) is 0 Å². The summed E-state index contributed by atoms with van der Waals surface area (Å²) in [5.74, 6) is 0.266. The first-order valence-electron chi connectivity index (χ1n) is 9.07. The lowest BCUT2D eigenvalue weighted by molar-refractivity contribution is -0.143. The lowest BCUT2D eigenvalue weighted by Gasteiger charge is -2.37. The first-order chi connectivity index (χ1) is 11.6. The highest BCUT2D eigenvalue weighted by atomic mass is 16.5. The Labute approximate surface area is 145 Å². The van der Waals surface area contributed by atoms with E-state index in [9.17, 15) is 4.79 Å². The van der Waals surface area contributed by atoms with Gasteiger partial charge in [-0.05, 0) is 26.0 Å². The van der Waals surface area contributed by atoms with E-state index < -0.39 is 0 Å². The Bertz CT molecular complexity index is 519. The third-order valence-corrected chi connectivity index (χ3v) is 4.91. The second-order valence-electron chi connectivity index (χ2n) is 6.97. The standard InChI is InChI=1S/C19H29N3O2/c1-16-14-22(15-17(2)24-16)19(23)8-9-20-10-12-21(13-11-20)18-6-4-3-5-7-18/h3-7,16-17H,8-15H2,1-2H3/t16-,17+. The minimum atomic E-state index is 0.145. The highest BCUT2D eigenvalue weighted by Crippen LogP contribution is 2.16. The van der Waals surface area contributed by atoms with Crippen molar-refractivity contribution in [3.8, 4) is 0 Å². The van der Waals surface area contributed by atoms with Crippen molar-refractivity contribution in [1.29, 1.82) is 0 Å². The van der Waals surface area contributed by atoms with Crippen LogP contribution in [0.15, 0.2) is 30.3 Å². The summed E-state index contributed by atoms with van der Waals surface area (Å²) in [6, 6.07) is 10.6. The van der Waals surface area contributed by atoms with Gasteiger partial charge in [-0.25, -0.2) is 0 Å². The fourth-order valence-corrected chi connectivity index (χ4v) is 3.66. The zero-order chi connectivity index (χ0) is 16.9. The van der Waals surface area contributed by atoms with E-state index in [4.69, 9.17) is 4.74 Å². The van der Waals surface area contributed by atoms with E-state index in [0.717, 1.165) is 45.8 Å². The van der Waals surface area contributed by atoms with Crippen LogP contribution < -0.4 is 4.90 Å². The second kappa shape index (κ2) is 7.99. The molecule has 0 aliphatic carbocycles. The smallest absolute Gasteiger partial charge is 0.224 e. The van der Waals surface area contributed by atoms with E-state index >= 15 is 0 Å². The van der Waals surface area contributed by atoms with E-state index in [-0.39, 0.29) is 18.1 Å². The largest absolute Gasteiger partial charge is 0.372 e. The summed E-state index contributed by atoms with van der Waals surface area (Å²) in [6.07, 6.45) is 0.907. The minimum Gasteiger partial charge on any atom is -0.372 e. The molecule has 0 radical (unpaired) electrons. The summed E-state index contributed by atoms with van der Waals surface area (Å²) in [7, 11) is 0. The van der Waals surface area contributed by atoms with Crippen LogP contribution in [0.2, 0.25) is 0 Å². The summed E-state index contributed by atoms with van der Waals surface area (Å²) in [5, 5.41) is 0. The van der Waals surface area contributed by atoms with Crippen molar-refractivity contribution in [2.24, 2.45) is 0 Å². The maximum atomic E-state index is 12.5. The molecule has 5 heteroatoms. The predicted molar refractivity (Wildman–Crippen MR) is 96.3 cm³/mol. The molecule has 0 aromatic heterocycles. The Kier molecular flexibility index (Phi) is 5.74. The van der Waals surface area contributed by atoms with Crippen molar-refractivity contribution in [2.75, 3.05) is 50.7 Å². The van der Waals surface area contributed by atoms with Gasteiger partial charge in [0, 0.05) is 57.9 Å². The highest BCUT2D eigenvalue weighted by Gasteiger charge is 2.26. The molecule has 0 spiro atoms. The van der Waals surface area contributed by atoms with E-state index in [1.165, 1.54) is 5.69 Å². The monoisotopic (exact) mass is 331 g/mol. The SMILES string of the molecule is C[C@@H]1CN(C(=O)CCN2CCN(c3ccccc3)CC2)C[C@H](C)O1. The Hall–Kier alpha value is -1.59. The lowest BCUT2D eigenvalue weighted by atomic mass is 10.2. The lowest BCUT2D eigenvalue weighted by Crippen LogP contribution is -2.50.